The molecule has 2 aliphatic heterocycles. The summed E-state index contributed by atoms with van der Waals surface area (Å²) in [5, 5.41) is 6.45. The van der Waals surface area contributed by atoms with Crippen molar-refractivity contribution in [3.8, 4) is 17.2 Å². The molecule has 1 fully saturated rings. The Labute approximate surface area is 157 Å². The molecule has 3 rings (SSSR count). The van der Waals surface area contributed by atoms with E-state index in [1.165, 1.54) is 6.07 Å². The predicted molar refractivity (Wildman–Crippen MR) is 97.6 cm³/mol. The maximum absolute atomic E-state index is 12.7. The second-order valence-corrected chi connectivity index (χ2v) is 6.55. The first kappa shape index (κ1) is 19.5. The minimum atomic E-state index is -2.91. The van der Waals surface area contributed by atoms with Gasteiger partial charge < -0.3 is 29.7 Å². The second-order valence-electron chi connectivity index (χ2n) is 6.55. The number of hydrogen-bond acceptors (Lipinski definition) is 5. The number of benzene rings is 1. The van der Waals surface area contributed by atoms with Gasteiger partial charge >= 0.3 is 6.61 Å². The summed E-state index contributed by atoms with van der Waals surface area (Å²) in [6, 6.07) is 3.08. The first-order chi connectivity index (χ1) is 13.1. The molecule has 9 heteroatoms. The standard InChI is InChI=1S/C18H26F2N4O3/c1-3-24-5-4-12(10-24)8-22-18(21-2)23-9-13-6-15-16(26-11-25-15)7-14(13)27-17(19)20/h6-7,12,17H,3-5,8-11H2,1-2H3,(H2,21,22,23). The van der Waals surface area contributed by atoms with Crippen molar-refractivity contribution in [2.45, 2.75) is 26.5 Å². The van der Waals surface area contributed by atoms with Crippen LogP contribution in [0.3, 0.4) is 0 Å². The summed E-state index contributed by atoms with van der Waals surface area (Å²) in [5.41, 5.74) is 0.542. The smallest absolute Gasteiger partial charge is 0.387 e. The Kier molecular flexibility index (Phi) is 6.54. The molecule has 0 amide bonds. The number of guanidine groups is 1. The van der Waals surface area contributed by atoms with Gasteiger partial charge in [0.2, 0.25) is 6.79 Å². The Morgan fingerprint density at radius 1 is 1.33 bits per heavy atom. The Morgan fingerprint density at radius 3 is 2.78 bits per heavy atom. The Morgan fingerprint density at radius 2 is 2.11 bits per heavy atom. The van der Waals surface area contributed by atoms with Gasteiger partial charge in [0.15, 0.2) is 17.5 Å². The number of nitrogens with zero attached hydrogens (tertiary/aromatic N) is 2. The quantitative estimate of drug-likeness (QED) is 0.554. The largest absolute Gasteiger partial charge is 0.454 e. The van der Waals surface area contributed by atoms with E-state index < -0.39 is 6.61 Å². The van der Waals surface area contributed by atoms with E-state index >= 15 is 0 Å². The van der Waals surface area contributed by atoms with Gasteiger partial charge in [-0.15, -0.1) is 0 Å². The zero-order valence-electron chi connectivity index (χ0n) is 15.6. The van der Waals surface area contributed by atoms with Crippen LogP contribution in [-0.2, 0) is 6.54 Å². The molecule has 1 aromatic rings. The normalized spacial score (nSPS) is 19.6. The SMILES string of the molecule is CCN1CCC(CNC(=NC)NCc2cc3c(cc2OC(F)F)OCO3)C1. The number of alkyl halides is 2. The molecule has 0 aliphatic carbocycles. The van der Waals surface area contributed by atoms with Crippen molar-refractivity contribution in [1.82, 2.24) is 15.5 Å². The summed E-state index contributed by atoms with van der Waals surface area (Å²) in [6.45, 7) is 3.68. The summed E-state index contributed by atoms with van der Waals surface area (Å²) in [5.74, 6) is 2.17. The highest BCUT2D eigenvalue weighted by Gasteiger charge is 2.22. The highest BCUT2D eigenvalue weighted by molar-refractivity contribution is 5.79. The lowest BCUT2D eigenvalue weighted by Gasteiger charge is -2.17. The third-order valence-corrected chi connectivity index (χ3v) is 4.82. The van der Waals surface area contributed by atoms with E-state index in [0.717, 1.165) is 32.6 Å². The van der Waals surface area contributed by atoms with Crippen molar-refractivity contribution in [3.05, 3.63) is 17.7 Å². The number of halogens is 2. The molecule has 1 aromatic carbocycles. The molecule has 2 aliphatic rings. The fourth-order valence-corrected chi connectivity index (χ4v) is 3.32. The van der Waals surface area contributed by atoms with E-state index in [0.29, 0.717) is 28.9 Å². The lowest BCUT2D eigenvalue weighted by atomic mass is 10.1. The number of hydrogen-bond donors (Lipinski definition) is 2. The molecule has 27 heavy (non-hydrogen) atoms. The van der Waals surface area contributed by atoms with Crippen molar-refractivity contribution >= 4 is 5.96 Å². The van der Waals surface area contributed by atoms with Crippen LogP contribution in [-0.4, -0.2) is 57.5 Å². The number of aliphatic imine (C=N–C) groups is 1. The molecule has 1 saturated heterocycles. The lowest BCUT2D eigenvalue weighted by Crippen LogP contribution is -2.40. The van der Waals surface area contributed by atoms with Crippen LogP contribution in [0.2, 0.25) is 0 Å². The van der Waals surface area contributed by atoms with Gasteiger partial charge in [-0.05, 0) is 31.5 Å². The van der Waals surface area contributed by atoms with Crippen LogP contribution in [0.5, 0.6) is 17.2 Å². The first-order valence-corrected chi connectivity index (χ1v) is 9.13. The van der Waals surface area contributed by atoms with Gasteiger partial charge in [0, 0.05) is 38.3 Å². The van der Waals surface area contributed by atoms with E-state index in [-0.39, 0.29) is 19.1 Å². The van der Waals surface area contributed by atoms with Crippen LogP contribution in [0.25, 0.3) is 0 Å². The average Bonchev–Trinajstić information content (AvgIpc) is 3.29. The topological polar surface area (TPSA) is 67.4 Å². The third kappa shape index (κ3) is 5.12. The molecule has 0 spiro atoms. The summed E-state index contributed by atoms with van der Waals surface area (Å²) < 4.78 is 40.6. The summed E-state index contributed by atoms with van der Waals surface area (Å²) in [6.07, 6.45) is 1.16. The van der Waals surface area contributed by atoms with E-state index in [1.807, 2.05) is 0 Å². The van der Waals surface area contributed by atoms with Crippen LogP contribution in [0.1, 0.15) is 18.9 Å². The van der Waals surface area contributed by atoms with Gasteiger partial charge in [0.1, 0.15) is 5.75 Å². The van der Waals surface area contributed by atoms with Crippen molar-refractivity contribution < 1.29 is 23.0 Å². The molecule has 0 saturated carbocycles. The van der Waals surface area contributed by atoms with Gasteiger partial charge in [-0.1, -0.05) is 6.92 Å². The van der Waals surface area contributed by atoms with E-state index in [1.54, 1.807) is 13.1 Å². The van der Waals surface area contributed by atoms with Gasteiger partial charge in [-0.25, -0.2) is 0 Å². The molecule has 2 N–H and O–H groups in total. The maximum Gasteiger partial charge on any atom is 0.387 e. The highest BCUT2D eigenvalue weighted by Crippen LogP contribution is 2.38. The molecule has 2 heterocycles. The van der Waals surface area contributed by atoms with Crippen LogP contribution in [0.15, 0.2) is 17.1 Å². The predicted octanol–water partition coefficient (Wildman–Crippen LogP) is 2.02. The molecule has 1 unspecified atom stereocenters. The lowest BCUT2D eigenvalue weighted by molar-refractivity contribution is -0.0505. The van der Waals surface area contributed by atoms with Crippen molar-refractivity contribution in [2.24, 2.45) is 10.9 Å². The second kappa shape index (κ2) is 9.07. The van der Waals surface area contributed by atoms with Crippen molar-refractivity contribution in [1.29, 1.82) is 0 Å². The molecule has 7 nitrogen and oxygen atoms in total. The monoisotopic (exact) mass is 384 g/mol. The van der Waals surface area contributed by atoms with Crippen LogP contribution in [0.4, 0.5) is 8.78 Å². The Balaban J connectivity index is 1.57. The summed E-state index contributed by atoms with van der Waals surface area (Å²) >= 11 is 0. The van der Waals surface area contributed by atoms with E-state index in [9.17, 15) is 8.78 Å². The zero-order chi connectivity index (χ0) is 19.2. The molecule has 0 bridgehead atoms. The minimum absolute atomic E-state index is 0.0617. The fourth-order valence-electron chi connectivity index (χ4n) is 3.32. The van der Waals surface area contributed by atoms with Crippen LogP contribution < -0.4 is 24.8 Å². The van der Waals surface area contributed by atoms with Crippen molar-refractivity contribution in [3.63, 3.8) is 0 Å². The fraction of sp³-hybridized carbons (Fsp3) is 0.611. The summed E-state index contributed by atoms with van der Waals surface area (Å²) in [4.78, 5) is 6.62. The van der Waals surface area contributed by atoms with Gasteiger partial charge in [-0.2, -0.15) is 8.78 Å². The molecular weight excluding hydrogens is 358 g/mol. The maximum atomic E-state index is 12.7. The number of fused-ring (bicyclic) bond motifs is 1. The molecule has 0 radical (unpaired) electrons. The number of likely N-dealkylation sites (tertiary alicyclic amines) is 1. The number of rotatable bonds is 7. The van der Waals surface area contributed by atoms with Crippen LogP contribution >= 0.6 is 0 Å². The molecule has 150 valence electrons. The average molecular weight is 384 g/mol. The van der Waals surface area contributed by atoms with E-state index in [4.69, 9.17) is 9.47 Å². The Bertz CT molecular complexity index is 672. The molecule has 1 atom stereocenters. The summed E-state index contributed by atoms with van der Waals surface area (Å²) in [7, 11) is 1.68. The first-order valence-electron chi connectivity index (χ1n) is 9.13. The van der Waals surface area contributed by atoms with E-state index in [2.05, 4.69) is 32.2 Å². The van der Waals surface area contributed by atoms with Gasteiger partial charge in [-0.3, -0.25) is 4.99 Å². The third-order valence-electron chi connectivity index (χ3n) is 4.82. The molecular formula is C18H26F2N4O3. The Hall–Kier alpha value is -2.29. The number of nitrogens with one attached hydrogen (secondary N) is 2. The van der Waals surface area contributed by atoms with Crippen molar-refractivity contribution in [2.75, 3.05) is 40.0 Å². The minimum Gasteiger partial charge on any atom is -0.454 e. The van der Waals surface area contributed by atoms with Crippen LogP contribution in [0, 0.1) is 5.92 Å². The van der Waals surface area contributed by atoms with Gasteiger partial charge in [0.05, 0.1) is 0 Å². The highest BCUT2D eigenvalue weighted by atomic mass is 19.3. The molecule has 0 aromatic heterocycles. The number of ether oxygens (including phenoxy) is 3. The van der Waals surface area contributed by atoms with Gasteiger partial charge in [0.25, 0.3) is 0 Å². The zero-order valence-corrected chi connectivity index (χ0v) is 15.6.